The maximum Gasteiger partial charge on any atom is 0.294 e. The topological polar surface area (TPSA) is 158 Å². The molecule has 0 fully saturated rings. The zero-order valence-corrected chi connectivity index (χ0v) is 14.6. The van der Waals surface area contributed by atoms with Gasteiger partial charge in [0.2, 0.25) is 5.91 Å². The lowest BCUT2D eigenvalue weighted by atomic mass is 10.1. The molecule has 0 spiro atoms. The van der Waals surface area contributed by atoms with Crippen LogP contribution in [0.3, 0.4) is 0 Å². The van der Waals surface area contributed by atoms with Crippen LogP contribution in [0.4, 0.5) is 5.69 Å². The number of nitrogens with one attached hydrogen (secondary N) is 1. The van der Waals surface area contributed by atoms with E-state index < -0.39 is 41.7 Å². The number of phenols is 1. The van der Waals surface area contributed by atoms with Crippen molar-refractivity contribution >= 4 is 42.6 Å². The second-order valence-corrected chi connectivity index (χ2v) is 8.10. The van der Waals surface area contributed by atoms with Gasteiger partial charge in [-0.25, -0.2) is 0 Å². The van der Waals surface area contributed by atoms with E-state index in [1.807, 2.05) is 0 Å². The molecule has 0 heterocycles. The normalized spacial score (nSPS) is 12.3. The molecular weight excluding hydrogens is 374 g/mol. The molecule has 1 amide bonds. The molecule has 2 rings (SSSR count). The minimum Gasteiger partial charge on any atom is -0.507 e. The number of hydrogen-bond acceptors (Lipinski definition) is 6. The Labute approximate surface area is 143 Å². The molecule has 9 nitrogen and oxygen atoms in total. The van der Waals surface area contributed by atoms with E-state index in [2.05, 4.69) is 5.32 Å². The van der Waals surface area contributed by atoms with Crippen molar-refractivity contribution in [2.75, 3.05) is 5.32 Å². The van der Waals surface area contributed by atoms with E-state index in [0.717, 1.165) is 24.3 Å². The molecule has 0 saturated heterocycles. The summed E-state index contributed by atoms with van der Waals surface area (Å²) in [6, 6.07) is 3.53. The Bertz CT molecular complexity index is 1050. The molecule has 0 aliphatic heterocycles. The van der Waals surface area contributed by atoms with Crippen molar-refractivity contribution in [3.8, 4) is 5.75 Å². The van der Waals surface area contributed by atoms with Gasteiger partial charge < -0.3 is 10.4 Å². The molecule has 0 saturated carbocycles. The van der Waals surface area contributed by atoms with Crippen molar-refractivity contribution < 1.29 is 35.8 Å². The first-order chi connectivity index (χ1) is 11.4. The van der Waals surface area contributed by atoms with Crippen molar-refractivity contribution in [1.29, 1.82) is 0 Å². The van der Waals surface area contributed by atoms with Crippen molar-refractivity contribution in [2.24, 2.45) is 0 Å². The van der Waals surface area contributed by atoms with Crippen molar-refractivity contribution in [1.82, 2.24) is 0 Å². The summed E-state index contributed by atoms with van der Waals surface area (Å²) in [6.45, 7) is 1.75. The molecule has 136 valence electrons. The SMILES string of the molecule is CCCC(=O)Nc1cc(S(=O)(=O)O)cc2cc(S(=O)(=O)O)cc(O)c12. The van der Waals surface area contributed by atoms with Crippen molar-refractivity contribution in [3.05, 3.63) is 24.3 Å². The summed E-state index contributed by atoms with van der Waals surface area (Å²) in [7, 11) is -9.34. The average Bonchev–Trinajstić information content (AvgIpc) is 2.44. The van der Waals surface area contributed by atoms with Gasteiger partial charge in [0.15, 0.2) is 0 Å². The van der Waals surface area contributed by atoms with Crippen LogP contribution >= 0.6 is 0 Å². The van der Waals surface area contributed by atoms with Crippen LogP contribution in [-0.4, -0.2) is 37.0 Å². The fraction of sp³-hybridized carbons (Fsp3) is 0.214. The quantitative estimate of drug-likeness (QED) is 0.563. The molecule has 2 aromatic rings. The van der Waals surface area contributed by atoms with Crippen LogP contribution in [-0.2, 0) is 25.0 Å². The highest BCUT2D eigenvalue weighted by molar-refractivity contribution is 7.86. The summed E-state index contributed by atoms with van der Waals surface area (Å²) in [6.07, 6.45) is 0.641. The smallest absolute Gasteiger partial charge is 0.294 e. The Morgan fingerprint density at radius 2 is 1.52 bits per heavy atom. The number of carbonyl (C=O) groups excluding carboxylic acids is 1. The third-order valence-corrected chi connectivity index (χ3v) is 4.98. The zero-order valence-electron chi connectivity index (χ0n) is 12.9. The number of aromatic hydroxyl groups is 1. The number of phenolic OH excluding ortho intramolecular Hbond substituents is 1. The third kappa shape index (κ3) is 4.25. The van der Waals surface area contributed by atoms with Crippen LogP contribution in [0.2, 0.25) is 0 Å². The van der Waals surface area contributed by atoms with Gasteiger partial charge in [-0.15, -0.1) is 0 Å². The standard InChI is InChI=1S/C14H15NO8S2/c1-2-3-13(17)15-11-6-9(24(18,19)20)4-8-5-10(25(21,22)23)7-12(16)14(8)11/h4-7,16H,2-3H2,1H3,(H,15,17)(H,18,19,20)(H,21,22,23). The summed E-state index contributed by atoms with van der Waals surface area (Å²) in [5.41, 5.74) is -0.122. The molecule has 0 bridgehead atoms. The fourth-order valence-corrected chi connectivity index (χ4v) is 3.35. The summed E-state index contributed by atoms with van der Waals surface area (Å²) in [5, 5.41) is 12.4. The lowest BCUT2D eigenvalue weighted by molar-refractivity contribution is -0.116. The largest absolute Gasteiger partial charge is 0.507 e. The molecule has 0 aliphatic carbocycles. The first-order valence-corrected chi connectivity index (χ1v) is 9.87. The van der Waals surface area contributed by atoms with E-state index in [1.165, 1.54) is 0 Å². The summed E-state index contributed by atoms with van der Waals surface area (Å²) < 4.78 is 63.7. The van der Waals surface area contributed by atoms with Gasteiger partial charge in [-0.05, 0) is 30.0 Å². The van der Waals surface area contributed by atoms with Crippen LogP contribution in [0.25, 0.3) is 10.8 Å². The Hall–Kier alpha value is -2.21. The number of benzene rings is 2. The number of carbonyl (C=O) groups is 1. The number of hydrogen-bond donors (Lipinski definition) is 4. The maximum atomic E-state index is 11.8. The average molecular weight is 389 g/mol. The van der Waals surface area contributed by atoms with Gasteiger partial charge in [-0.1, -0.05) is 6.92 Å². The number of amides is 1. The second-order valence-electron chi connectivity index (χ2n) is 5.26. The minimum atomic E-state index is -4.67. The zero-order chi connectivity index (χ0) is 19.0. The predicted octanol–water partition coefficient (Wildman–Crippen LogP) is 1.78. The molecule has 11 heteroatoms. The number of fused-ring (bicyclic) bond motifs is 1. The molecule has 0 unspecified atom stereocenters. The van der Waals surface area contributed by atoms with Crippen molar-refractivity contribution in [2.45, 2.75) is 29.6 Å². The lowest BCUT2D eigenvalue weighted by Gasteiger charge is -2.13. The molecule has 4 N–H and O–H groups in total. The van der Waals surface area contributed by atoms with Crippen molar-refractivity contribution in [3.63, 3.8) is 0 Å². The summed E-state index contributed by atoms with van der Waals surface area (Å²) >= 11 is 0. The monoisotopic (exact) mass is 389 g/mol. The van der Waals surface area contributed by atoms with Gasteiger partial charge in [0.05, 0.1) is 15.5 Å². The van der Waals surface area contributed by atoms with E-state index in [4.69, 9.17) is 4.55 Å². The molecule has 0 radical (unpaired) electrons. The first kappa shape index (κ1) is 19.1. The molecule has 25 heavy (non-hydrogen) atoms. The predicted molar refractivity (Wildman–Crippen MR) is 88.8 cm³/mol. The highest BCUT2D eigenvalue weighted by Crippen LogP contribution is 2.36. The van der Waals surface area contributed by atoms with Crippen LogP contribution in [0.5, 0.6) is 5.75 Å². The number of rotatable bonds is 5. The molecule has 0 aliphatic rings. The van der Waals surface area contributed by atoms with Gasteiger partial charge in [0.25, 0.3) is 20.2 Å². The Balaban J connectivity index is 2.83. The van der Waals surface area contributed by atoms with Crippen LogP contribution in [0.1, 0.15) is 19.8 Å². The Morgan fingerprint density at radius 3 is 2.00 bits per heavy atom. The van der Waals surface area contributed by atoms with E-state index in [1.54, 1.807) is 6.92 Å². The minimum absolute atomic E-state index is 0.0377. The second kappa shape index (κ2) is 6.59. The van der Waals surface area contributed by atoms with E-state index in [9.17, 15) is 31.3 Å². The Kier molecular flexibility index (Phi) is 5.04. The van der Waals surface area contributed by atoms with Crippen LogP contribution < -0.4 is 5.32 Å². The van der Waals surface area contributed by atoms with Crippen LogP contribution in [0, 0.1) is 0 Å². The molecule has 0 atom stereocenters. The third-order valence-electron chi connectivity index (χ3n) is 3.32. The lowest BCUT2D eigenvalue weighted by Crippen LogP contribution is -2.12. The van der Waals surface area contributed by atoms with E-state index >= 15 is 0 Å². The highest BCUT2D eigenvalue weighted by Gasteiger charge is 2.20. The van der Waals surface area contributed by atoms with Gasteiger partial charge in [-0.2, -0.15) is 16.8 Å². The Morgan fingerprint density at radius 1 is 1.00 bits per heavy atom. The van der Waals surface area contributed by atoms with Gasteiger partial charge in [-0.3, -0.25) is 13.9 Å². The summed E-state index contributed by atoms with van der Waals surface area (Å²) in [4.78, 5) is 10.5. The van der Waals surface area contributed by atoms with E-state index in [0.29, 0.717) is 6.42 Å². The maximum absolute atomic E-state index is 11.8. The molecule has 2 aromatic carbocycles. The van der Waals surface area contributed by atoms with Crippen LogP contribution in [0.15, 0.2) is 34.1 Å². The molecular formula is C14H15NO8S2. The van der Waals surface area contributed by atoms with Gasteiger partial charge in [0, 0.05) is 17.9 Å². The number of anilines is 1. The molecule has 0 aromatic heterocycles. The van der Waals surface area contributed by atoms with E-state index in [-0.39, 0.29) is 22.9 Å². The fourth-order valence-electron chi connectivity index (χ4n) is 2.27. The highest BCUT2D eigenvalue weighted by atomic mass is 32.2. The van der Waals surface area contributed by atoms with Gasteiger partial charge in [0.1, 0.15) is 5.75 Å². The first-order valence-electron chi connectivity index (χ1n) is 6.99. The summed E-state index contributed by atoms with van der Waals surface area (Å²) in [5.74, 6) is -1.06. The van der Waals surface area contributed by atoms with Gasteiger partial charge >= 0.3 is 0 Å².